The van der Waals surface area contributed by atoms with E-state index in [2.05, 4.69) is 10.3 Å². The fourth-order valence-corrected chi connectivity index (χ4v) is 1.71. The molecule has 0 bridgehead atoms. The lowest BCUT2D eigenvalue weighted by Gasteiger charge is -2.12. The summed E-state index contributed by atoms with van der Waals surface area (Å²) < 4.78 is 0. The first-order valence-corrected chi connectivity index (χ1v) is 6.17. The number of aliphatic hydroxyl groups excluding tert-OH is 1. The van der Waals surface area contributed by atoms with Gasteiger partial charge in [0.25, 0.3) is 5.91 Å². The van der Waals surface area contributed by atoms with Crippen molar-refractivity contribution in [1.29, 1.82) is 0 Å². The van der Waals surface area contributed by atoms with Crippen LogP contribution in [0.25, 0.3) is 0 Å². The number of hydrogen-bond acceptors (Lipinski definition) is 3. The summed E-state index contributed by atoms with van der Waals surface area (Å²) in [5.41, 5.74) is 1.17. The largest absolute Gasteiger partial charge is 0.387 e. The van der Waals surface area contributed by atoms with Gasteiger partial charge >= 0.3 is 0 Å². The predicted molar refractivity (Wildman–Crippen MR) is 73.0 cm³/mol. The number of rotatable bonds is 4. The topological polar surface area (TPSA) is 62.2 Å². The second-order valence-corrected chi connectivity index (χ2v) is 4.39. The number of benzene rings is 1. The van der Waals surface area contributed by atoms with Gasteiger partial charge in [-0.05, 0) is 17.7 Å². The monoisotopic (exact) mass is 276 g/mol. The minimum absolute atomic E-state index is 0.144. The van der Waals surface area contributed by atoms with E-state index in [1.807, 2.05) is 18.2 Å². The van der Waals surface area contributed by atoms with Crippen LogP contribution in [-0.2, 0) is 0 Å². The van der Waals surface area contributed by atoms with Gasteiger partial charge in [-0.25, -0.2) is 4.98 Å². The van der Waals surface area contributed by atoms with E-state index in [4.69, 9.17) is 11.6 Å². The van der Waals surface area contributed by atoms with Crippen molar-refractivity contribution in [1.82, 2.24) is 10.3 Å². The summed E-state index contributed by atoms with van der Waals surface area (Å²) in [4.78, 5) is 15.6. The standard InChI is InChI=1S/C14H13ClN2O2/c15-13-7-6-11(8-16-13)14(19)17-9-12(18)10-4-2-1-3-5-10/h1-8,12,18H,9H2,(H,17,19). The number of pyridine rings is 1. The molecule has 2 N–H and O–H groups in total. The fourth-order valence-electron chi connectivity index (χ4n) is 1.59. The highest BCUT2D eigenvalue weighted by Crippen LogP contribution is 2.11. The third kappa shape index (κ3) is 3.77. The second-order valence-electron chi connectivity index (χ2n) is 4.01. The van der Waals surface area contributed by atoms with Gasteiger partial charge in [0.15, 0.2) is 0 Å². The van der Waals surface area contributed by atoms with Crippen LogP contribution in [-0.4, -0.2) is 22.5 Å². The molecule has 1 heterocycles. The van der Waals surface area contributed by atoms with Gasteiger partial charge in [0.2, 0.25) is 0 Å². The zero-order valence-corrected chi connectivity index (χ0v) is 10.8. The summed E-state index contributed by atoms with van der Waals surface area (Å²) in [6, 6.07) is 12.3. The van der Waals surface area contributed by atoms with Crippen LogP contribution in [0.2, 0.25) is 5.15 Å². The minimum atomic E-state index is -0.731. The Labute approximate surface area is 116 Å². The van der Waals surface area contributed by atoms with E-state index in [0.29, 0.717) is 10.7 Å². The molecule has 1 atom stereocenters. The van der Waals surface area contributed by atoms with Crippen molar-refractivity contribution in [3.63, 3.8) is 0 Å². The SMILES string of the molecule is O=C(NCC(O)c1ccccc1)c1ccc(Cl)nc1. The Bertz CT molecular complexity index is 543. The third-order valence-corrected chi connectivity index (χ3v) is 2.85. The van der Waals surface area contributed by atoms with E-state index in [0.717, 1.165) is 5.56 Å². The number of hydrogen-bond donors (Lipinski definition) is 2. The van der Waals surface area contributed by atoms with E-state index >= 15 is 0 Å². The van der Waals surface area contributed by atoms with E-state index < -0.39 is 6.10 Å². The van der Waals surface area contributed by atoms with Gasteiger partial charge in [0.05, 0.1) is 11.7 Å². The minimum Gasteiger partial charge on any atom is -0.387 e. The highest BCUT2D eigenvalue weighted by Gasteiger charge is 2.10. The molecule has 98 valence electrons. The molecule has 0 aliphatic carbocycles. The molecule has 1 aromatic heterocycles. The molecular weight excluding hydrogens is 264 g/mol. The van der Waals surface area contributed by atoms with Crippen LogP contribution in [0.5, 0.6) is 0 Å². The Morgan fingerprint density at radius 3 is 2.63 bits per heavy atom. The summed E-state index contributed by atoms with van der Waals surface area (Å²) in [6.07, 6.45) is 0.664. The highest BCUT2D eigenvalue weighted by molar-refractivity contribution is 6.29. The third-order valence-electron chi connectivity index (χ3n) is 2.63. The lowest BCUT2D eigenvalue weighted by Crippen LogP contribution is -2.28. The summed E-state index contributed by atoms with van der Waals surface area (Å²) in [5.74, 6) is -0.292. The molecule has 2 rings (SSSR count). The molecule has 0 radical (unpaired) electrons. The predicted octanol–water partition coefficient (Wildman–Crippen LogP) is 2.20. The van der Waals surface area contributed by atoms with Crippen molar-refractivity contribution < 1.29 is 9.90 Å². The molecule has 1 unspecified atom stereocenters. The van der Waals surface area contributed by atoms with Crippen LogP contribution in [0.1, 0.15) is 22.0 Å². The van der Waals surface area contributed by atoms with E-state index in [9.17, 15) is 9.90 Å². The fraction of sp³-hybridized carbons (Fsp3) is 0.143. The number of carbonyl (C=O) groups excluding carboxylic acids is 1. The molecule has 4 nitrogen and oxygen atoms in total. The van der Waals surface area contributed by atoms with Gasteiger partial charge in [-0.2, -0.15) is 0 Å². The Balaban J connectivity index is 1.92. The molecule has 1 amide bonds. The van der Waals surface area contributed by atoms with Crippen LogP contribution < -0.4 is 5.32 Å². The average molecular weight is 277 g/mol. The van der Waals surface area contributed by atoms with E-state index in [1.165, 1.54) is 6.20 Å². The van der Waals surface area contributed by atoms with Gasteiger partial charge < -0.3 is 10.4 Å². The van der Waals surface area contributed by atoms with Crippen LogP contribution in [0.4, 0.5) is 0 Å². The molecule has 0 aliphatic heterocycles. The normalized spacial score (nSPS) is 11.9. The molecule has 1 aromatic carbocycles. The molecular formula is C14H13ClN2O2. The average Bonchev–Trinajstić information content (AvgIpc) is 2.46. The van der Waals surface area contributed by atoms with Crippen molar-refractivity contribution in [3.8, 4) is 0 Å². The Hall–Kier alpha value is -1.91. The van der Waals surface area contributed by atoms with Crippen molar-refractivity contribution in [3.05, 3.63) is 64.9 Å². The Morgan fingerprint density at radius 2 is 2.00 bits per heavy atom. The lowest BCUT2D eigenvalue weighted by atomic mass is 10.1. The number of aromatic nitrogens is 1. The Kier molecular flexibility index (Phi) is 4.49. The summed E-state index contributed by atoms with van der Waals surface area (Å²) in [6.45, 7) is 0.144. The highest BCUT2D eigenvalue weighted by atomic mass is 35.5. The smallest absolute Gasteiger partial charge is 0.252 e. The van der Waals surface area contributed by atoms with Crippen LogP contribution in [0, 0.1) is 0 Å². The van der Waals surface area contributed by atoms with Crippen molar-refractivity contribution >= 4 is 17.5 Å². The number of nitrogens with one attached hydrogen (secondary N) is 1. The van der Waals surface area contributed by atoms with Gasteiger partial charge in [-0.15, -0.1) is 0 Å². The van der Waals surface area contributed by atoms with Gasteiger partial charge in [0, 0.05) is 12.7 Å². The molecule has 0 saturated carbocycles. The van der Waals surface area contributed by atoms with Gasteiger partial charge in [-0.1, -0.05) is 41.9 Å². The molecule has 0 aliphatic rings. The molecule has 0 spiro atoms. The van der Waals surface area contributed by atoms with E-state index in [-0.39, 0.29) is 12.5 Å². The van der Waals surface area contributed by atoms with E-state index in [1.54, 1.807) is 24.3 Å². The maximum absolute atomic E-state index is 11.8. The van der Waals surface area contributed by atoms with Crippen LogP contribution >= 0.6 is 11.6 Å². The van der Waals surface area contributed by atoms with Crippen molar-refractivity contribution in [2.75, 3.05) is 6.54 Å². The summed E-state index contributed by atoms with van der Waals surface area (Å²) in [5, 5.41) is 12.9. The molecule has 0 fully saturated rings. The maximum atomic E-state index is 11.8. The maximum Gasteiger partial charge on any atom is 0.252 e. The number of halogens is 1. The Morgan fingerprint density at radius 1 is 1.26 bits per heavy atom. The van der Waals surface area contributed by atoms with Crippen LogP contribution in [0.15, 0.2) is 48.7 Å². The first-order valence-electron chi connectivity index (χ1n) is 5.79. The van der Waals surface area contributed by atoms with Gasteiger partial charge in [0.1, 0.15) is 5.15 Å². The zero-order valence-electron chi connectivity index (χ0n) is 10.1. The van der Waals surface area contributed by atoms with Gasteiger partial charge in [-0.3, -0.25) is 4.79 Å². The number of nitrogens with zero attached hydrogens (tertiary/aromatic N) is 1. The molecule has 19 heavy (non-hydrogen) atoms. The number of aliphatic hydroxyl groups is 1. The first kappa shape index (κ1) is 13.5. The zero-order chi connectivity index (χ0) is 13.7. The first-order chi connectivity index (χ1) is 9.16. The lowest BCUT2D eigenvalue weighted by molar-refractivity contribution is 0.0916. The summed E-state index contributed by atoms with van der Waals surface area (Å²) >= 11 is 5.64. The quantitative estimate of drug-likeness (QED) is 0.842. The molecule has 2 aromatic rings. The van der Waals surface area contributed by atoms with Crippen molar-refractivity contribution in [2.45, 2.75) is 6.10 Å². The molecule has 0 saturated heterocycles. The summed E-state index contributed by atoms with van der Waals surface area (Å²) in [7, 11) is 0. The second kappa shape index (κ2) is 6.31. The van der Waals surface area contributed by atoms with Crippen LogP contribution in [0.3, 0.4) is 0 Å². The molecule has 5 heteroatoms. The number of carbonyl (C=O) groups is 1. The van der Waals surface area contributed by atoms with Crippen molar-refractivity contribution in [2.24, 2.45) is 0 Å². The number of amides is 1.